The van der Waals surface area contributed by atoms with Crippen LogP contribution in [-0.2, 0) is 4.79 Å². The molecule has 4 aromatic rings. The molecule has 1 amide bonds. The monoisotopic (exact) mass is 342 g/mol. The highest BCUT2D eigenvalue weighted by atomic mass is 16.1. The highest BCUT2D eigenvalue weighted by molar-refractivity contribution is 5.95. The van der Waals surface area contributed by atoms with Crippen molar-refractivity contribution in [1.82, 2.24) is 20.3 Å². The SMILES string of the molecule is CC(NC(=O)/C=C/c1cccc2cccnc12)c1nc2ccccc2[nH]1. The van der Waals surface area contributed by atoms with E-state index in [4.69, 9.17) is 0 Å². The van der Waals surface area contributed by atoms with Crippen LogP contribution < -0.4 is 5.32 Å². The number of pyridine rings is 1. The van der Waals surface area contributed by atoms with Gasteiger partial charge >= 0.3 is 0 Å². The predicted molar refractivity (Wildman–Crippen MR) is 103 cm³/mol. The van der Waals surface area contributed by atoms with E-state index in [-0.39, 0.29) is 11.9 Å². The summed E-state index contributed by atoms with van der Waals surface area (Å²) in [6.07, 6.45) is 5.07. The maximum absolute atomic E-state index is 12.3. The summed E-state index contributed by atoms with van der Waals surface area (Å²) in [5, 5.41) is 3.98. The zero-order valence-corrected chi connectivity index (χ0v) is 14.3. The van der Waals surface area contributed by atoms with E-state index in [0.29, 0.717) is 0 Å². The van der Waals surface area contributed by atoms with E-state index in [9.17, 15) is 4.79 Å². The first-order chi connectivity index (χ1) is 12.7. The van der Waals surface area contributed by atoms with Crippen LogP contribution >= 0.6 is 0 Å². The summed E-state index contributed by atoms with van der Waals surface area (Å²) in [7, 11) is 0. The van der Waals surface area contributed by atoms with E-state index in [2.05, 4.69) is 20.3 Å². The van der Waals surface area contributed by atoms with Crippen LogP contribution in [0.3, 0.4) is 0 Å². The number of rotatable bonds is 4. The van der Waals surface area contributed by atoms with Gasteiger partial charge in [0.1, 0.15) is 5.82 Å². The molecule has 1 unspecified atom stereocenters. The zero-order chi connectivity index (χ0) is 17.9. The number of imidazole rings is 1. The molecule has 2 heterocycles. The van der Waals surface area contributed by atoms with Gasteiger partial charge in [-0.25, -0.2) is 4.98 Å². The number of hydrogen-bond donors (Lipinski definition) is 2. The van der Waals surface area contributed by atoms with Crippen molar-refractivity contribution < 1.29 is 4.79 Å². The highest BCUT2D eigenvalue weighted by Gasteiger charge is 2.12. The summed E-state index contributed by atoms with van der Waals surface area (Å²) in [4.78, 5) is 24.4. The molecule has 128 valence electrons. The summed E-state index contributed by atoms with van der Waals surface area (Å²) in [6.45, 7) is 1.91. The molecule has 1 atom stereocenters. The number of benzene rings is 2. The number of amides is 1. The van der Waals surface area contributed by atoms with Gasteiger partial charge in [-0.3, -0.25) is 9.78 Å². The van der Waals surface area contributed by atoms with E-state index >= 15 is 0 Å². The Morgan fingerprint density at radius 3 is 2.85 bits per heavy atom. The van der Waals surface area contributed by atoms with Gasteiger partial charge in [0.15, 0.2) is 0 Å². The van der Waals surface area contributed by atoms with Crippen LogP contribution in [0.15, 0.2) is 66.9 Å². The van der Waals surface area contributed by atoms with Crippen molar-refractivity contribution in [3.8, 4) is 0 Å². The molecular formula is C21H18N4O. The lowest BCUT2D eigenvalue weighted by molar-refractivity contribution is -0.117. The number of hydrogen-bond acceptors (Lipinski definition) is 3. The molecule has 0 bridgehead atoms. The van der Waals surface area contributed by atoms with Crippen molar-refractivity contribution in [3.05, 3.63) is 78.3 Å². The molecule has 4 rings (SSSR count). The van der Waals surface area contributed by atoms with Gasteiger partial charge in [-0.1, -0.05) is 36.4 Å². The summed E-state index contributed by atoms with van der Waals surface area (Å²) in [6, 6.07) is 17.4. The van der Waals surface area contributed by atoms with E-state index < -0.39 is 0 Å². The molecule has 0 fully saturated rings. The second-order valence-corrected chi connectivity index (χ2v) is 6.13. The minimum absolute atomic E-state index is 0.175. The Hall–Kier alpha value is -3.47. The van der Waals surface area contributed by atoms with Gasteiger partial charge in [0.25, 0.3) is 0 Å². The molecule has 0 spiro atoms. The maximum atomic E-state index is 12.3. The summed E-state index contributed by atoms with van der Waals surface area (Å²) < 4.78 is 0. The second kappa shape index (κ2) is 6.80. The summed E-state index contributed by atoms with van der Waals surface area (Å²) in [5.41, 5.74) is 3.64. The molecule has 2 N–H and O–H groups in total. The van der Waals surface area contributed by atoms with Crippen LogP contribution in [0.1, 0.15) is 24.4 Å². The average molecular weight is 342 g/mol. The van der Waals surface area contributed by atoms with E-state index in [1.807, 2.05) is 61.5 Å². The number of aromatic nitrogens is 3. The van der Waals surface area contributed by atoms with Gasteiger partial charge in [-0.2, -0.15) is 0 Å². The van der Waals surface area contributed by atoms with Crippen molar-refractivity contribution in [2.75, 3.05) is 0 Å². The molecule has 2 aromatic heterocycles. The third-order valence-corrected chi connectivity index (χ3v) is 4.25. The minimum Gasteiger partial charge on any atom is -0.343 e. The number of para-hydroxylation sites is 3. The van der Waals surface area contributed by atoms with Crippen LogP contribution in [0, 0.1) is 0 Å². The van der Waals surface area contributed by atoms with Gasteiger partial charge in [0.05, 0.1) is 22.6 Å². The van der Waals surface area contributed by atoms with Crippen molar-refractivity contribution in [1.29, 1.82) is 0 Å². The Kier molecular flexibility index (Phi) is 4.19. The molecule has 0 saturated heterocycles. The van der Waals surface area contributed by atoms with Crippen LogP contribution in [0.2, 0.25) is 0 Å². The lowest BCUT2D eigenvalue weighted by atomic mass is 10.1. The lowest BCUT2D eigenvalue weighted by Crippen LogP contribution is -2.25. The number of aromatic amines is 1. The fourth-order valence-corrected chi connectivity index (χ4v) is 2.94. The first-order valence-electron chi connectivity index (χ1n) is 8.48. The minimum atomic E-state index is -0.217. The van der Waals surface area contributed by atoms with Gasteiger partial charge < -0.3 is 10.3 Å². The van der Waals surface area contributed by atoms with Crippen LogP contribution in [-0.4, -0.2) is 20.9 Å². The van der Waals surface area contributed by atoms with Crippen LogP contribution in [0.4, 0.5) is 0 Å². The number of carbonyl (C=O) groups is 1. The molecular weight excluding hydrogens is 324 g/mol. The Labute approximate surface area is 150 Å². The maximum Gasteiger partial charge on any atom is 0.244 e. The molecule has 5 heteroatoms. The Morgan fingerprint density at radius 2 is 1.96 bits per heavy atom. The van der Waals surface area contributed by atoms with Crippen molar-refractivity contribution in [2.45, 2.75) is 13.0 Å². The largest absolute Gasteiger partial charge is 0.343 e. The third kappa shape index (κ3) is 3.19. The Morgan fingerprint density at radius 1 is 1.12 bits per heavy atom. The number of nitrogens with one attached hydrogen (secondary N) is 2. The predicted octanol–water partition coefficient (Wildman–Crippen LogP) is 4.00. The molecule has 0 radical (unpaired) electrons. The smallest absolute Gasteiger partial charge is 0.244 e. The van der Waals surface area contributed by atoms with Crippen LogP contribution in [0.25, 0.3) is 28.0 Å². The van der Waals surface area contributed by atoms with Gasteiger partial charge in [0, 0.05) is 23.2 Å². The fraction of sp³-hybridized carbons (Fsp3) is 0.0952. The summed E-state index contributed by atoms with van der Waals surface area (Å²) >= 11 is 0. The van der Waals surface area contributed by atoms with Gasteiger partial charge in [-0.05, 0) is 31.2 Å². The lowest BCUT2D eigenvalue weighted by Gasteiger charge is -2.09. The quantitative estimate of drug-likeness (QED) is 0.551. The van der Waals surface area contributed by atoms with Crippen molar-refractivity contribution >= 4 is 33.9 Å². The Bertz CT molecular complexity index is 1070. The second-order valence-electron chi connectivity index (χ2n) is 6.13. The van der Waals surface area contributed by atoms with Gasteiger partial charge in [0.2, 0.25) is 5.91 Å². The van der Waals surface area contributed by atoms with Crippen molar-refractivity contribution in [2.24, 2.45) is 0 Å². The molecule has 26 heavy (non-hydrogen) atoms. The number of nitrogens with zero attached hydrogens (tertiary/aromatic N) is 2. The van der Waals surface area contributed by atoms with Gasteiger partial charge in [-0.15, -0.1) is 0 Å². The number of carbonyl (C=O) groups excluding carboxylic acids is 1. The summed E-state index contributed by atoms with van der Waals surface area (Å²) in [5.74, 6) is 0.561. The third-order valence-electron chi connectivity index (χ3n) is 4.25. The van der Waals surface area contributed by atoms with E-state index in [0.717, 1.165) is 33.3 Å². The standard InChI is InChI=1S/C21H18N4O/c1-14(21-24-17-9-2-3-10-18(17)25-21)23-19(26)12-11-16-7-4-6-15-8-5-13-22-20(15)16/h2-14H,1H3,(H,23,26)(H,24,25)/b12-11+. The average Bonchev–Trinajstić information content (AvgIpc) is 3.11. The Balaban J connectivity index is 1.50. The molecule has 5 nitrogen and oxygen atoms in total. The molecule has 0 aliphatic carbocycles. The van der Waals surface area contributed by atoms with Crippen LogP contribution in [0.5, 0.6) is 0 Å². The van der Waals surface area contributed by atoms with E-state index in [1.165, 1.54) is 6.08 Å². The normalized spacial score (nSPS) is 12.7. The molecule has 0 saturated carbocycles. The zero-order valence-electron chi connectivity index (χ0n) is 14.3. The first kappa shape index (κ1) is 16.0. The highest BCUT2D eigenvalue weighted by Crippen LogP contribution is 2.18. The molecule has 0 aliphatic heterocycles. The van der Waals surface area contributed by atoms with Crippen molar-refractivity contribution in [3.63, 3.8) is 0 Å². The number of H-pyrrole nitrogens is 1. The van der Waals surface area contributed by atoms with E-state index in [1.54, 1.807) is 12.3 Å². The molecule has 2 aromatic carbocycles. The molecule has 0 aliphatic rings. The number of fused-ring (bicyclic) bond motifs is 2. The topological polar surface area (TPSA) is 70.7 Å². The fourth-order valence-electron chi connectivity index (χ4n) is 2.94. The first-order valence-corrected chi connectivity index (χ1v) is 8.48.